The number of aliphatic imine (C=N–C) groups is 1. The first kappa shape index (κ1) is 12.9. The lowest BCUT2D eigenvalue weighted by atomic mass is 10.2. The van der Waals surface area contributed by atoms with Gasteiger partial charge in [0.15, 0.2) is 0 Å². The van der Waals surface area contributed by atoms with E-state index in [4.69, 9.17) is 4.74 Å². The van der Waals surface area contributed by atoms with Gasteiger partial charge in [-0.05, 0) is 38.5 Å². The molecule has 0 aliphatic heterocycles. The summed E-state index contributed by atoms with van der Waals surface area (Å²) < 4.78 is 5.99. The summed E-state index contributed by atoms with van der Waals surface area (Å²) in [5.74, 6) is 0. The smallest absolute Gasteiger partial charge is 0.434 e. The molecule has 0 aliphatic rings. The maximum Gasteiger partial charge on any atom is 0.434 e. The zero-order valence-electron chi connectivity index (χ0n) is 9.53. The molecule has 0 aromatic heterocycles. The molecule has 1 rings (SSSR count). The topological polar surface area (TPSA) is 38.7 Å². The largest absolute Gasteiger partial charge is 0.442 e. The van der Waals surface area contributed by atoms with E-state index in [1.54, 1.807) is 20.8 Å². The Hall–Kier alpha value is -1.16. The normalized spacial score (nSPS) is 11.8. The van der Waals surface area contributed by atoms with Gasteiger partial charge in [0, 0.05) is 10.7 Å². The van der Waals surface area contributed by atoms with Crippen LogP contribution in [0.4, 0.5) is 4.79 Å². The Morgan fingerprint density at radius 2 is 2.12 bits per heavy atom. The van der Waals surface area contributed by atoms with Gasteiger partial charge in [-0.25, -0.2) is 4.79 Å². The van der Waals surface area contributed by atoms with Gasteiger partial charge < -0.3 is 4.74 Å². The Bertz CT molecular complexity index is 408. The van der Waals surface area contributed by atoms with Crippen LogP contribution in [0, 0.1) is 0 Å². The Morgan fingerprint density at radius 1 is 1.44 bits per heavy atom. The lowest BCUT2D eigenvalue weighted by molar-refractivity contribution is 0.0605. The third-order valence-corrected chi connectivity index (χ3v) is 2.05. The first-order chi connectivity index (χ1) is 7.37. The number of rotatable bonds is 1. The number of halogens is 1. The van der Waals surface area contributed by atoms with Crippen LogP contribution in [0.15, 0.2) is 33.7 Å². The minimum atomic E-state index is -0.576. The molecule has 16 heavy (non-hydrogen) atoms. The zero-order chi connectivity index (χ0) is 12.2. The molecule has 86 valence electrons. The SMILES string of the molecule is CC(C)(C)OC(=O)N=Cc1cccc(Br)c1. The summed E-state index contributed by atoms with van der Waals surface area (Å²) in [4.78, 5) is 15.0. The number of hydrogen-bond donors (Lipinski definition) is 0. The van der Waals surface area contributed by atoms with E-state index in [0.717, 1.165) is 10.0 Å². The Morgan fingerprint density at radius 3 is 2.69 bits per heavy atom. The Balaban J connectivity index is 2.64. The van der Waals surface area contributed by atoms with E-state index in [1.807, 2.05) is 24.3 Å². The molecule has 0 N–H and O–H groups in total. The first-order valence-corrected chi connectivity index (χ1v) is 5.69. The highest BCUT2D eigenvalue weighted by molar-refractivity contribution is 9.10. The summed E-state index contributed by atoms with van der Waals surface area (Å²) in [7, 11) is 0. The number of ether oxygens (including phenoxy) is 1. The van der Waals surface area contributed by atoms with Crippen molar-refractivity contribution in [3.05, 3.63) is 34.3 Å². The molecular weight excluding hydrogens is 270 g/mol. The van der Waals surface area contributed by atoms with Crippen LogP contribution in [0.5, 0.6) is 0 Å². The second-order valence-corrected chi connectivity index (χ2v) is 5.21. The molecule has 0 aliphatic carbocycles. The van der Waals surface area contributed by atoms with E-state index >= 15 is 0 Å². The van der Waals surface area contributed by atoms with Crippen LogP contribution in [0.25, 0.3) is 0 Å². The van der Waals surface area contributed by atoms with E-state index in [-0.39, 0.29) is 0 Å². The van der Waals surface area contributed by atoms with Crippen LogP contribution in [-0.2, 0) is 4.74 Å². The van der Waals surface area contributed by atoms with Gasteiger partial charge in [-0.15, -0.1) is 0 Å². The predicted octanol–water partition coefficient (Wildman–Crippen LogP) is 3.80. The van der Waals surface area contributed by atoms with Crippen molar-refractivity contribution in [3.63, 3.8) is 0 Å². The van der Waals surface area contributed by atoms with E-state index in [1.165, 1.54) is 6.21 Å². The van der Waals surface area contributed by atoms with Gasteiger partial charge >= 0.3 is 6.09 Å². The van der Waals surface area contributed by atoms with Crippen molar-refractivity contribution < 1.29 is 9.53 Å². The summed E-state index contributed by atoms with van der Waals surface area (Å²) in [5, 5.41) is 0. The number of amides is 1. The Kier molecular flexibility index (Phi) is 4.24. The molecule has 0 saturated carbocycles. The van der Waals surface area contributed by atoms with Gasteiger partial charge in [-0.1, -0.05) is 28.1 Å². The third kappa shape index (κ3) is 5.07. The van der Waals surface area contributed by atoms with Crippen molar-refractivity contribution in [1.29, 1.82) is 0 Å². The van der Waals surface area contributed by atoms with E-state index in [2.05, 4.69) is 20.9 Å². The fraction of sp³-hybridized carbons (Fsp3) is 0.333. The van der Waals surface area contributed by atoms with Gasteiger partial charge in [0.1, 0.15) is 5.60 Å². The zero-order valence-corrected chi connectivity index (χ0v) is 11.1. The average molecular weight is 284 g/mol. The molecule has 3 nitrogen and oxygen atoms in total. The van der Waals surface area contributed by atoms with E-state index in [0.29, 0.717) is 0 Å². The lowest BCUT2D eigenvalue weighted by Crippen LogP contribution is -2.21. The third-order valence-electron chi connectivity index (χ3n) is 1.56. The second kappa shape index (κ2) is 5.25. The highest BCUT2D eigenvalue weighted by Gasteiger charge is 2.14. The van der Waals surface area contributed by atoms with Crippen LogP contribution in [0.1, 0.15) is 26.3 Å². The molecule has 0 atom stereocenters. The van der Waals surface area contributed by atoms with Crippen LogP contribution < -0.4 is 0 Å². The number of carbonyl (C=O) groups excluding carboxylic acids is 1. The molecule has 0 bridgehead atoms. The molecule has 0 radical (unpaired) electrons. The molecule has 0 saturated heterocycles. The van der Waals surface area contributed by atoms with Gasteiger partial charge in [0.05, 0.1) is 0 Å². The van der Waals surface area contributed by atoms with Gasteiger partial charge in [-0.2, -0.15) is 4.99 Å². The quantitative estimate of drug-likeness (QED) is 0.736. The monoisotopic (exact) mass is 283 g/mol. The summed E-state index contributed by atoms with van der Waals surface area (Å²) in [5.41, 5.74) is 0.339. The molecule has 1 aromatic rings. The molecule has 0 heterocycles. The molecule has 1 amide bonds. The molecule has 4 heteroatoms. The molecular formula is C12H14BrNO2. The number of nitrogens with zero attached hydrogens (tertiary/aromatic N) is 1. The molecule has 0 spiro atoms. The standard InChI is InChI=1S/C12H14BrNO2/c1-12(2,3)16-11(15)14-8-9-5-4-6-10(13)7-9/h4-8H,1-3H3. The summed E-state index contributed by atoms with van der Waals surface area (Å²) in [6.07, 6.45) is 0.909. The average Bonchev–Trinajstić information content (AvgIpc) is 2.12. The lowest BCUT2D eigenvalue weighted by Gasteiger charge is -2.17. The highest BCUT2D eigenvalue weighted by Crippen LogP contribution is 2.11. The fourth-order valence-electron chi connectivity index (χ4n) is 1.00. The predicted molar refractivity (Wildman–Crippen MR) is 68.0 cm³/mol. The van der Waals surface area contributed by atoms with Crippen LogP contribution in [0.3, 0.4) is 0 Å². The van der Waals surface area contributed by atoms with Crippen molar-refractivity contribution in [3.8, 4) is 0 Å². The van der Waals surface area contributed by atoms with Crippen LogP contribution in [-0.4, -0.2) is 17.9 Å². The fourth-order valence-corrected chi connectivity index (χ4v) is 1.42. The van der Waals surface area contributed by atoms with E-state index < -0.39 is 11.7 Å². The Labute approximate surface area is 104 Å². The number of benzene rings is 1. The van der Waals surface area contributed by atoms with Gasteiger partial charge in [-0.3, -0.25) is 0 Å². The number of carbonyl (C=O) groups is 1. The summed E-state index contributed by atoms with van der Waals surface area (Å²) in [6, 6.07) is 7.51. The summed E-state index contributed by atoms with van der Waals surface area (Å²) >= 11 is 3.34. The highest BCUT2D eigenvalue weighted by atomic mass is 79.9. The molecule has 0 unspecified atom stereocenters. The molecule has 0 fully saturated rings. The number of hydrogen-bond acceptors (Lipinski definition) is 2. The van der Waals surface area contributed by atoms with Gasteiger partial charge in [0.25, 0.3) is 0 Å². The van der Waals surface area contributed by atoms with Crippen molar-refractivity contribution in [2.45, 2.75) is 26.4 Å². The summed E-state index contributed by atoms with van der Waals surface area (Å²) in [6.45, 7) is 5.42. The maximum atomic E-state index is 11.3. The van der Waals surface area contributed by atoms with Crippen molar-refractivity contribution in [2.75, 3.05) is 0 Å². The second-order valence-electron chi connectivity index (χ2n) is 4.29. The first-order valence-electron chi connectivity index (χ1n) is 4.89. The molecule has 1 aromatic carbocycles. The van der Waals surface area contributed by atoms with Crippen molar-refractivity contribution >= 4 is 28.2 Å². The maximum absolute atomic E-state index is 11.3. The van der Waals surface area contributed by atoms with Gasteiger partial charge in [0.2, 0.25) is 0 Å². The minimum absolute atomic E-state index is 0.508. The van der Waals surface area contributed by atoms with Crippen LogP contribution in [0.2, 0.25) is 0 Å². The minimum Gasteiger partial charge on any atom is -0.442 e. The van der Waals surface area contributed by atoms with Crippen molar-refractivity contribution in [1.82, 2.24) is 0 Å². The van der Waals surface area contributed by atoms with Crippen molar-refractivity contribution in [2.24, 2.45) is 4.99 Å². The van der Waals surface area contributed by atoms with Crippen LogP contribution >= 0.6 is 15.9 Å². The van der Waals surface area contributed by atoms with E-state index in [9.17, 15) is 4.79 Å².